The monoisotopic (exact) mass is 254 g/mol. The van der Waals surface area contributed by atoms with Gasteiger partial charge in [-0.25, -0.2) is 4.98 Å². The molecule has 0 spiro atoms. The topological polar surface area (TPSA) is 48.1 Å². The van der Waals surface area contributed by atoms with E-state index in [1.807, 2.05) is 0 Å². The molecule has 0 aliphatic rings. The number of hydrogen-bond acceptors (Lipinski definition) is 3. The molecule has 0 atom stereocenters. The number of halogens is 3. The summed E-state index contributed by atoms with van der Waals surface area (Å²) in [7, 11) is 0. The first-order valence-electron chi connectivity index (χ1n) is 5.02. The fraction of sp³-hybridized carbons (Fsp3) is 0.0833. The van der Waals surface area contributed by atoms with E-state index in [2.05, 4.69) is 4.98 Å². The molecular weight excluding hydrogens is 245 g/mol. The maximum Gasteiger partial charge on any atom is 0.433 e. The fourth-order valence-electron chi connectivity index (χ4n) is 1.28. The Balaban J connectivity index is 2.13. The van der Waals surface area contributed by atoms with E-state index in [0.717, 1.165) is 12.3 Å². The molecule has 3 nitrogen and oxygen atoms in total. The Morgan fingerprint density at radius 1 is 0.944 bits per heavy atom. The third-order valence-electron chi connectivity index (χ3n) is 2.14. The summed E-state index contributed by atoms with van der Waals surface area (Å²) in [6, 6.07) is 8.58. The summed E-state index contributed by atoms with van der Waals surface area (Å²) in [4.78, 5) is 3.29. The molecular formula is C12H9F3N2O. The highest BCUT2D eigenvalue weighted by Crippen LogP contribution is 2.29. The third kappa shape index (κ3) is 2.91. The number of ether oxygens (including phenoxy) is 1. The quantitative estimate of drug-likeness (QED) is 0.834. The summed E-state index contributed by atoms with van der Waals surface area (Å²) in [5.41, 5.74) is 5.12. The van der Waals surface area contributed by atoms with Crippen molar-refractivity contribution in [3.05, 3.63) is 48.3 Å². The maximum atomic E-state index is 12.3. The average molecular weight is 254 g/mol. The number of anilines is 1. The van der Waals surface area contributed by atoms with Crippen molar-refractivity contribution in [2.24, 2.45) is 0 Å². The van der Waals surface area contributed by atoms with E-state index in [4.69, 9.17) is 10.5 Å². The van der Waals surface area contributed by atoms with E-state index < -0.39 is 11.9 Å². The average Bonchev–Trinajstić information content (AvgIpc) is 2.32. The van der Waals surface area contributed by atoms with Gasteiger partial charge in [0.1, 0.15) is 17.2 Å². The van der Waals surface area contributed by atoms with Crippen LogP contribution in [0.15, 0.2) is 42.6 Å². The van der Waals surface area contributed by atoms with Crippen molar-refractivity contribution in [2.45, 2.75) is 6.18 Å². The molecule has 0 unspecified atom stereocenters. The zero-order valence-corrected chi connectivity index (χ0v) is 9.11. The molecule has 18 heavy (non-hydrogen) atoms. The molecule has 0 radical (unpaired) electrons. The zero-order valence-electron chi connectivity index (χ0n) is 9.11. The van der Waals surface area contributed by atoms with E-state index >= 15 is 0 Å². The molecule has 0 aliphatic carbocycles. The number of nitrogens with two attached hydrogens (primary N) is 1. The first-order valence-corrected chi connectivity index (χ1v) is 5.02. The number of benzene rings is 1. The SMILES string of the molecule is Nc1ccc(Oc2ccc(C(F)(F)F)nc2)cc1. The molecule has 0 bridgehead atoms. The third-order valence-corrected chi connectivity index (χ3v) is 2.14. The summed E-state index contributed by atoms with van der Waals surface area (Å²) in [6.45, 7) is 0. The van der Waals surface area contributed by atoms with Gasteiger partial charge in [0.05, 0.1) is 6.20 Å². The fourth-order valence-corrected chi connectivity index (χ4v) is 1.28. The van der Waals surface area contributed by atoms with Gasteiger partial charge in [-0.1, -0.05) is 0 Å². The lowest BCUT2D eigenvalue weighted by molar-refractivity contribution is -0.141. The summed E-state index contributed by atoms with van der Waals surface area (Å²) in [5, 5.41) is 0. The zero-order chi connectivity index (χ0) is 13.2. The molecule has 1 aromatic carbocycles. The molecule has 1 heterocycles. The van der Waals surface area contributed by atoms with Crippen molar-refractivity contribution in [3.8, 4) is 11.5 Å². The van der Waals surface area contributed by atoms with Crippen molar-refractivity contribution in [2.75, 3.05) is 5.73 Å². The molecule has 6 heteroatoms. The standard InChI is InChI=1S/C12H9F3N2O/c13-12(14,15)11-6-5-10(7-17-11)18-9-3-1-8(16)2-4-9/h1-7H,16H2. The number of nitrogen functional groups attached to an aromatic ring is 1. The highest BCUT2D eigenvalue weighted by molar-refractivity contribution is 5.42. The second-order valence-corrected chi connectivity index (χ2v) is 3.55. The van der Waals surface area contributed by atoms with Gasteiger partial charge in [-0.2, -0.15) is 13.2 Å². The van der Waals surface area contributed by atoms with E-state index in [1.165, 1.54) is 6.07 Å². The second-order valence-electron chi connectivity index (χ2n) is 3.55. The Kier molecular flexibility index (Phi) is 3.10. The van der Waals surface area contributed by atoms with E-state index in [-0.39, 0.29) is 5.75 Å². The van der Waals surface area contributed by atoms with Crippen LogP contribution < -0.4 is 10.5 Å². The Labute approximate surface area is 101 Å². The molecule has 0 fully saturated rings. The Morgan fingerprint density at radius 3 is 2.06 bits per heavy atom. The highest BCUT2D eigenvalue weighted by Gasteiger charge is 2.32. The highest BCUT2D eigenvalue weighted by atomic mass is 19.4. The molecule has 94 valence electrons. The van der Waals surface area contributed by atoms with Gasteiger partial charge < -0.3 is 10.5 Å². The van der Waals surface area contributed by atoms with Gasteiger partial charge >= 0.3 is 6.18 Å². The van der Waals surface area contributed by atoms with Crippen LogP contribution in [0.2, 0.25) is 0 Å². The molecule has 2 N–H and O–H groups in total. The lowest BCUT2D eigenvalue weighted by Gasteiger charge is -2.08. The van der Waals surface area contributed by atoms with E-state index in [1.54, 1.807) is 24.3 Å². The van der Waals surface area contributed by atoms with Crippen LogP contribution in [0.1, 0.15) is 5.69 Å². The first kappa shape index (κ1) is 12.2. The summed E-state index contributed by atoms with van der Waals surface area (Å²) in [6.07, 6.45) is -3.42. The van der Waals surface area contributed by atoms with Crippen LogP contribution in [0.5, 0.6) is 11.5 Å². The Morgan fingerprint density at radius 2 is 1.56 bits per heavy atom. The van der Waals surface area contributed by atoms with Gasteiger partial charge in [0.2, 0.25) is 0 Å². The Bertz CT molecular complexity index is 521. The number of pyridine rings is 1. The number of aromatic nitrogens is 1. The van der Waals surface area contributed by atoms with Crippen LogP contribution in [0, 0.1) is 0 Å². The lowest BCUT2D eigenvalue weighted by Crippen LogP contribution is -2.07. The molecule has 2 aromatic rings. The summed E-state index contributed by atoms with van der Waals surface area (Å²) < 4.78 is 42.1. The van der Waals surface area contributed by atoms with Crippen molar-refractivity contribution in [3.63, 3.8) is 0 Å². The minimum absolute atomic E-state index is 0.229. The molecule has 0 saturated heterocycles. The van der Waals surface area contributed by atoms with Gasteiger partial charge in [0, 0.05) is 5.69 Å². The number of hydrogen-bond donors (Lipinski definition) is 1. The smallest absolute Gasteiger partial charge is 0.433 e. The molecule has 0 saturated carbocycles. The van der Waals surface area contributed by atoms with Gasteiger partial charge in [0.25, 0.3) is 0 Å². The predicted octanol–water partition coefficient (Wildman–Crippen LogP) is 3.47. The normalized spacial score (nSPS) is 11.3. The molecule has 0 aliphatic heterocycles. The first-order chi connectivity index (χ1) is 8.45. The van der Waals surface area contributed by atoms with Crippen LogP contribution in [-0.4, -0.2) is 4.98 Å². The lowest BCUT2D eigenvalue weighted by atomic mass is 10.3. The van der Waals surface area contributed by atoms with Crippen LogP contribution in [-0.2, 0) is 6.18 Å². The predicted molar refractivity (Wildman–Crippen MR) is 60.2 cm³/mol. The van der Waals surface area contributed by atoms with Gasteiger partial charge in [0.15, 0.2) is 0 Å². The number of nitrogens with zero attached hydrogens (tertiary/aromatic N) is 1. The molecule has 1 aromatic heterocycles. The Hall–Kier alpha value is -2.24. The van der Waals surface area contributed by atoms with Crippen LogP contribution in [0.25, 0.3) is 0 Å². The van der Waals surface area contributed by atoms with Crippen LogP contribution in [0.4, 0.5) is 18.9 Å². The van der Waals surface area contributed by atoms with Gasteiger partial charge in [-0.3, -0.25) is 0 Å². The molecule has 0 amide bonds. The van der Waals surface area contributed by atoms with E-state index in [9.17, 15) is 13.2 Å². The van der Waals surface area contributed by atoms with E-state index in [0.29, 0.717) is 11.4 Å². The van der Waals surface area contributed by atoms with Crippen molar-refractivity contribution >= 4 is 5.69 Å². The van der Waals surface area contributed by atoms with Crippen LogP contribution >= 0.6 is 0 Å². The maximum absolute atomic E-state index is 12.3. The second kappa shape index (κ2) is 4.56. The summed E-state index contributed by atoms with van der Waals surface area (Å²) >= 11 is 0. The van der Waals surface area contributed by atoms with Crippen LogP contribution in [0.3, 0.4) is 0 Å². The molecule has 2 rings (SSSR count). The minimum Gasteiger partial charge on any atom is -0.456 e. The largest absolute Gasteiger partial charge is 0.456 e. The van der Waals surface area contributed by atoms with Gasteiger partial charge in [-0.15, -0.1) is 0 Å². The van der Waals surface area contributed by atoms with Gasteiger partial charge in [-0.05, 0) is 36.4 Å². The van der Waals surface area contributed by atoms with Crippen molar-refractivity contribution < 1.29 is 17.9 Å². The minimum atomic E-state index is -4.44. The number of rotatable bonds is 2. The number of alkyl halides is 3. The van der Waals surface area contributed by atoms with Crippen molar-refractivity contribution in [1.29, 1.82) is 0 Å². The summed E-state index contributed by atoms with van der Waals surface area (Å²) in [5.74, 6) is 0.707. The van der Waals surface area contributed by atoms with Crippen molar-refractivity contribution in [1.82, 2.24) is 4.98 Å².